The van der Waals surface area contributed by atoms with Gasteiger partial charge in [0.2, 0.25) is 0 Å². The van der Waals surface area contributed by atoms with Crippen molar-refractivity contribution in [3.05, 3.63) is 64.5 Å². The Morgan fingerprint density at radius 2 is 1.70 bits per heavy atom. The quantitative estimate of drug-likeness (QED) is 0.790. The van der Waals surface area contributed by atoms with E-state index in [2.05, 4.69) is 0 Å². The summed E-state index contributed by atoms with van der Waals surface area (Å²) >= 11 is 0. The first-order valence-corrected chi connectivity index (χ1v) is 6.45. The Bertz CT molecular complexity index is 627. The molecule has 0 radical (unpaired) electrons. The van der Waals surface area contributed by atoms with Gasteiger partial charge in [-0.2, -0.15) is 0 Å². The largest absolute Gasteiger partial charge is 0.496 e. The number of halogens is 1. The summed E-state index contributed by atoms with van der Waals surface area (Å²) in [6.07, 6.45) is 0.176. The Morgan fingerprint density at radius 3 is 2.30 bits per heavy atom. The molecule has 2 nitrogen and oxygen atoms in total. The molecular weight excluding hydrogens is 255 g/mol. The number of benzene rings is 2. The second-order valence-corrected chi connectivity index (χ2v) is 4.79. The number of methoxy groups -OCH3 is 1. The standard InChI is InChI=1S/C17H17FO2/c1-11-6-4-7-12(2)13(11)10-15(19)17-14(18)8-5-9-16(17)20-3/h4-9H,10H2,1-3H3. The van der Waals surface area contributed by atoms with Crippen LogP contribution in [0.15, 0.2) is 36.4 Å². The molecular formula is C17H17FO2. The molecule has 104 valence electrons. The number of aryl methyl sites for hydroxylation is 2. The van der Waals surface area contributed by atoms with Crippen LogP contribution >= 0.6 is 0 Å². The van der Waals surface area contributed by atoms with Gasteiger partial charge in [-0.15, -0.1) is 0 Å². The lowest BCUT2D eigenvalue weighted by atomic mass is 9.95. The van der Waals surface area contributed by atoms with Crippen LogP contribution in [0.2, 0.25) is 0 Å². The average Bonchev–Trinajstić information content (AvgIpc) is 2.42. The molecule has 0 saturated heterocycles. The molecule has 0 amide bonds. The maximum absolute atomic E-state index is 13.9. The highest BCUT2D eigenvalue weighted by Gasteiger charge is 2.19. The summed E-state index contributed by atoms with van der Waals surface area (Å²) in [6, 6.07) is 10.3. The summed E-state index contributed by atoms with van der Waals surface area (Å²) in [5.41, 5.74) is 3.04. The minimum atomic E-state index is -0.541. The van der Waals surface area contributed by atoms with Gasteiger partial charge in [0.05, 0.1) is 12.7 Å². The molecule has 2 rings (SSSR count). The molecule has 2 aromatic rings. The first-order valence-electron chi connectivity index (χ1n) is 6.45. The van der Waals surface area contributed by atoms with E-state index >= 15 is 0 Å². The normalized spacial score (nSPS) is 10.4. The van der Waals surface area contributed by atoms with Crippen molar-refractivity contribution in [2.75, 3.05) is 7.11 Å². The van der Waals surface area contributed by atoms with E-state index in [1.54, 1.807) is 6.07 Å². The highest BCUT2D eigenvalue weighted by atomic mass is 19.1. The van der Waals surface area contributed by atoms with Crippen molar-refractivity contribution in [1.29, 1.82) is 0 Å². The second kappa shape index (κ2) is 5.87. The van der Waals surface area contributed by atoms with E-state index in [1.807, 2.05) is 32.0 Å². The van der Waals surface area contributed by atoms with Crippen molar-refractivity contribution in [3.63, 3.8) is 0 Å². The van der Waals surface area contributed by atoms with Crippen molar-refractivity contribution in [3.8, 4) is 5.75 Å². The minimum Gasteiger partial charge on any atom is -0.496 e. The molecule has 0 N–H and O–H groups in total. The number of ether oxygens (including phenoxy) is 1. The van der Waals surface area contributed by atoms with E-state index in [4.69, 9.17) is 4.74 Å². The zero-order valence-electron chi connectivity index (χ0n) is 11.9. The third-order valence-electron chi connectivity index (χ3n) is 3.46. The van der Waals surface area contributed by atoms with Crippen molar-refractivity contribution < 1.29 is 13.9 Å². The van der Waals surface area contributed by atoms with E-state index in [1.165, 1.54) is 19.2 Å². The van der Waals surface area contributed by atoms with Gasteiger partial charge in [0.25, 0.3) is 0 Å². The minimum absolute atomic E-state index is 0.0256. The third-order valence-corrected chi connectivity index (χ3v) is 3.46. The lowest BCUT2D eigenvalue weighted by Gasteiger charge is -2.11. The maximum Gasteiger partial charge on any atom is 0.173 e. The molecule has 0 aliphatic heterocycles. The third kappa shape index (κ3) is 2.72. The van der Waals surface area contributed by atoms with Crippen LogP contribution in [0.25, 0.3) is 0 Å². The Kier molecular flexibility index (Phi) is 4.18. The van der Waals surface area contributed by atoms with Crippen LogP contribution in [0.3, 0.4) is 0 Å². The summed E-state index contributed by atoms with van der Waals surface area (Å²) in [5, 5.41) is 0. The molecule has 3 heteroatoms. The molecule has 0 fully saturated rings. The Hall–Kier alpha value is -2.16. The van der Waals surface area contributed by atoms with Gasteiger partial charge >= 0.3 is 0 Å². The van der Waals surface area contributed by atoms with Gasteiger partial charge in [-0.3, -0.25) is 4.79 Å². The zero-order chi connectivity index (χ0) is 14.7. The molecule has 0 atom stereocenters. The highest BCUT2D eigenvalue weighted by molar-refractivity contribution is 6.00. The van der Waals surface area contributed by atoms with Gasteiger partial charge in [-0.05, 0) is 42.7 Å². The van der Waals surface area contributed by atoms with Crippen LogP contribution in [0.1, 0.15) is 27.0 Å². The number of Topliss-reactive ketones (excluding diaryl/α,β-unsaturated/α-hetero) is 1. The fourth-order valence-electron chi connectivity index (χ4n) is 2.32. The van der Waals surface area contributed by atoms with Crippen LogP contribution in [0.4, 0.5) is 4.39 Å². The van der Waals surface area contributed by atoms with E-state index in [9.17, 15) is 9.18 Å². The summed E-state index contributed by atoms with van der Waals surface area (Å²) in [4.78, 5) is 12.4. The highest BCUT2D eigenvalue weighted by Crippen LogP contribution is 2.24. The molecule has 2 aromatic carbocycles. The number of rotatable bonds is 4. The number of carbonyl (C=O) groups excluding carboxylic acids is 1. The number of carbonyl (C=O) groups is 1. The van der Waals surface area contributed by atoms with Crippen molar-refractivity contribution in [2.24, 2.45) is 0 Å². The predicted molar refractivity (Wildman–Crippen MR) is 76.9 cm³/mol. The van der Waals surface area contributed by atoms with Crippen LogP contribution < -0.4 is 4.74 Å². The average molecular weight is 272 g/mol. The van der Waals surface area contributed by atoms with Crippen LogP contribution in [-0.2, 0) is 6.42 Å². The summed E-state index contributed by atoms with van der Waals surface area (Å²) < 4.78 is 19.0. The topological polar surface area (TPSA) is 26.3 Å². The van der Waals surface area contributed by atoms with Crippen molar-refractivity contribution in [2.45, 2.75) is 20.3 Å². The van der Waals surface area contributed by atoms with Gasteiger partial charge in [0.1, 0.15) is 11.6 Å². The van der Waals surface area contributed by atoms with E-state index < -0.39 is 5.82 Å². The molecule has 0 unspecified atom stereocenters. The van der Waals surface area contributed by atoms with Gasteiger partial charge in [-0.1, -0.05) is 24.3 Å². The lowest BCUT2D eigenvalue weighted by Crippen LogP contribution is -2.10. The molecule has 0 aromatic heterocycles. The molecule has 0 bridgehead atoms. The first kappa shape index (κ1) is 14.3. The fraction of sp³-hybridized carbons (Fsp3) is 0.235. The molecule has 0 spiro atoms. The lowest BCUT2D eigenvalue weighted by molar-refractivity contribution is 0.0985. The van der Waals surface area contributed by atoms with E-state index in [0.29, 0.717) is 0 Å². The van der Waals surface area contributed by atoms with Gasteiger partial charge < -0.3 is 4.74 Å². The monoisotopic (exact) mass is 272 g/mol. The predicted octanol–water partition coefficient (Wildman–Crippen LogP) is 3.88. The number of ketones is 1. The van der Waals surface area contributed by atoms with Crippen LogP contribution in [0, 0.1) is 19.7 Å². The molecule has 0 aliphatic rings. The summed E-state index contributed by atoms with van der Waals surface area (Å²) in [5.74, 6) is -0.529. The zero-order valence-corrected chi connectivity index (χ0v) is 11.9. The fourth-order valence-corrected chi connectivity index (χ4v) is 2.32. The molecule has 20 heavy (non-hydrogen) atoms. The van der Waals surface area contributed by atoms with E-state index in [0.717, 1.165) is 16.7 Å². The van der Waals surface area contributed by atoms with Crippen LogP contribution in [0.5, 0.6) is 5.75 Å². The van der Waals surface area contributed by atoms with Crippen molar-refractivity contribution >= 4 is 5.78 Å². The molecule has 0 saturated carbocycles. The van der Waals surface area contributed by atoms with Gasteiger partial charge in [-0.25, -0.2) is 4.39 Å². The van der Waals surface area contributed by atoms with Gasteiger partial charge in [0.15, 0.2) is 5.78 Å². The van der Waals surface area contributed by atoms with Gasteiger partial charge in [0, 0.05) is 6.42 Å². The molecule has 0 heterocycles. The Labute approximate surface area is 118 Å². The van der Waals surface area contributed by atoms with E-state index in [-0.39, 0.29) is 23.5 Å². The number of hydrogen-bond acceptors (Lipinski definition) is 2. The molecule has 0 aliphatic carbocycles. The number of hydrogen-bond donors (Lipinski definition) is 0. The first-order chi connectivity index (χ1) is 9.54. The smallest absolute Gasteiger partial charge is 0.173 e. The summed E-state index contributed by atoms with van der Waals surface area (Å²) in [7, 11) is 1.44. The summed E-state index contributed by atoms with van der Waals surface area (Å²) in [6.45, 7) is 3.91. The maximum atomic E-state index is 13.9. The van der Waals surface area contributed by atoms with Crippen molar-refractivity contribution in [1.82, 2.24) is 0 Å². The SMILES string of the molecule is COc1cccc(F)c1C(=O)Cc1c(C)cccc1C. The van der Waals surface area contributed by atoms with Crippen LogP contribution in [-0.4, -0.2) is 12.9 Å². The Morgan fingerprint density at radius 1 is 1.10 bits per heavy atom. The second-order valence-electron chi connectivity index (χ2n) is 4.79. The Balaban J connectivity index is 2.39.